The molecular formula is ClO2SY3-. The molecule has 7 heavy (non-hydrogen) atoms. The quantitative estimate of drug-likeness (QED) is 0.448. The zero-order valence-corrected chi connectivity index (χ0v) is 13.4. The van der Waals surface area contributed by atoms with Crippen molar-refractivity contribution in [3.8, 4) is 0 Å². The fourth-order valence-electron chi connectivity index (χ4n) is 0. The first-order valence-electron chi connectivity index (χ1n) is 0.488. The summed E-state index contributed by atoms with van der Waals surface area (Å²) in [6.45, 7) is 0. The summed E-state index contributed by atoms with van der Waals surface area (Å²) in [5.74, 6) is 0. The van der Waals surface area contributed by atoms with E-state index in [2.05, 4.69) is 10.7 Å². The van der Waals surface area contributed by atoms with Crippen molar-refractivity contribution in [1.82, 2.24) is 0 Å². The molecule has 0 aliphatic carbocycles. The Labute approximate surface area is 125 Å². The first-order valence-corrected chi connectivity index (χ1v) is 2.39. The molecule has 0 saturated heterocycles. The average Bonchev–Trinajstić information content (AvgIpc) is 0.811. The van der Waals surface area contributed by atoms with Crippen LogP contribution in [-0.2, 0) is 108 Å². The van der Waals surface area contributed by atoms with Crippen LogP contribution in [0, 0.1) is 0 Å². The van der Waals surface area contributed by atoms with Crippen molar-refractivity contribution >= 4 is 21.0 Å². The average molecular weight is 366 g/mol. The van der Waals surface area contributed by atoms with Crippen LogP contribution in [0.4, 0.5) is 0 Å². The van der Waals surface area contributed by atoms with E-state index in [1.54, 1.807) is 0 Å². The molecule has 35 valence electrons. The summed E-state index contributed by atoms with van der Waals surface area (Å²) in [7, 11) is 1.80. The van der Waals surface area contributed by atoms with Crippen molar-refractivity contribution in [2.75, 3.05) is 0 Å². The zero-order valence-electron chi connectivity index (χ0n) is 3.33. The monoisotopic (exact) mass is 366 g/mol. The predicted octanol–water partition coefficient (Wildman–Crippen LogP) is 0.0118. The van der Waals surface area contributed by atoms with Gasteiger partial charge in [0.2, 0.25) is 0 Å². The minimum Gasteiger partial charge on any atom is -0.760 e. The van der Waals surface area contributed by atoms with Gasteiger partial charge in [-0.25, -0.2) is 0 Å². The van der Waals surface area contributed by atoms with E-state index >= 15 is 0 Å². The Morgan fingerprint density at radius 3 is 1.29 bits per heavy atom. The number of hydrogen-bond donors (Lipinski definition) is 0. The van der Waals surface area contributed by atoms with Gasteiger partial charge in [0.05, 0.1) is 0 Å². The predicted molar refractivity (Wildman–Crippen MR) is 14.8 cm³/mol. The van der Waals surface area contributed by atoms with Crippen LogP contribution in [0.3, 0.4) is 0 Å². The molecule has 0 aliphatic rings. The maximum Gasteiger partial charge on any atom is 0.0422 e. The molecule has 0 aliphatic heterocycles. The van der Waals surface area contributed by atoms with Gasteiger partial charge in [-0.15, -0.1) is 0 Å². The molecule has 7 heteroatoms. The van der Waals surface area contributed by atoms with Crippen LogP contribution >= 0.6 is 10.7 Å². The summed E-state index contributed by atoms with van der Waals surface area (Å²) in [5, 5.41) is 0. The maximum absolute atomic E-state index is 8.77. The van der Waals surface area contributed by atoms with E-state index in [9.17, 15) is 0 Å². The summed E-state index contributed by atoms with van der Waals surface area (Å²) in [6, 6.07) is 0. The Kier molecular flexibility index (Phi) is 52.4. The van der Waals surface area contributed by atoms with Crippen molar-refractivity contribution < 1.29 is 107 Å². The molecule has 0 aromatic heterocycles. The summed E-state index contributed by atoms with van der Waals surface area (Å²) in [6.07, 6.45) is 0. The Balaban J connectivity index is -0.0000000150. The van der Waals surface area contributed by atoms with Crippen LogP contribution in [-0.4, -0.2) is 8.76 Å². The number of halogens is 1. The van der Waals surface area contributed by atoms with Crippen molar-refractivity contribution in [2.24, 2.45) is 0 Å². The molecule has 0 saturated carbocycles. The van der Waals surface area contributed by atoms with Gasteiger partial charge >= 0.3 is 0 Å². The fraction of sp³-hybridized carbons (Fsp3) is 0. The van der Waals surface area contributed by atoms with Crippen LogP contribution in [0.1, 0.15) is 0 Å². The first-order chi connectivity index (χ1) is 1.73. The zero-order chi connectivity index (χ0) is 3.58. The van der Waals surface area contributed by atoms with Crippen molar-refractivity contribution in [2.45, 2.75) is 0 Å². The van der Waals surface area contributed by atoms with Gasteiger partial charge in [-0.3, -0.25) is 4.21 Å². The Morgan fingerprint density at radius 1 is 1.29 bits per heavy atom. The molecule has 0 aromatic rings. The molecule has 0 N–H and O–H groups in total. The molecule has 0 spiro atoms. The number of hydrogen-bond acceptors (Lipinski definition) is 2. The SMILES string of the molecule is O=S([O-])Cl.[Y].[Y].[Y]. The van der Waals surface area contributed by atoms with Crippen molar-refractivity contribution in [1.29, 1.82) is 0 Å². The van der Waals surface area contributed by atoms with E-state index in [4.69, 9.17) is 8.76 Å². The summed E-state index contributed by atoms with van der Waals surface area (Å²) in [4.78, 5) is 0. The third-order valence-electron chi connectivity index (χ3n) is 0. The van der Waals surface area contributed by atoms with E-state index in [0.717, 1.165) is 0 Å². The van der Waals surface area contributed by atoms with E-state index in [1.165, 1.54) is 0 Å². The standard InChI is InChI=1S/ClHO2S.3Y/c1-4(2)3;;;/h(H,2,3);;;/p-1. The molecule has 1 atom stereocenters. The van der Waals surface area contributed by atoms with E-state index in [1.807, 2.05) is 0 Å². The molecule has 2 nitrogen and oxygen atoms in total. The van der Waals surface area contributed by atoms with Crippen LogP contribution < -0.4 is 0 Å². The van der Waals surface area contributed by atoms with Crippen molar-refractivity contribution in [3.05, 3.63) is 0 Å². The van der Waals surface area contributed by atoms with Gasteiger partial charge in [-0.05, 0) is 10.7 Å². The van der Waals surface area contributed by atoms with Crippen LogP contribution in [0.25, 0.3) is 0 Å². The second kappa shape index (κ2) is 16.4. The third-order valence-corrected chi connectivity index (χ3v) is 0. The Hall–Kier alpha value is 3.71. The summed E-state index contributed by atoms with van der Waals surface area (Å²) < 4.78 is 17.5. The van der Waals surface area contributed by atoms with Crippen molar-refractivity contribution in [3.63, 3.8) is 0 Å². The minimum atomic E-state index is -2.39. The van der Waals surface area contributed by atoms with Gasteiger partial charge in [0.1, 0.15) is 0 Å². The smallest absolute Gasteiger partial charge is 0.0422 e. The maximum atomic E-state index is 8.77. The van der Waals surface area contributed by atoms with Gasteiger partial charge in [-0.2, -0.15) is 0 Å². The molecule has 0 fully saturated rings. The third kappa shape index (κ3) is 41.9. The molecule has 0 heterocycles. The largest absolute Gasteiger partial charge is 0.760 e. The van der Waals surface area contributed by atoms with Crippen LogP contribution in [0.15, 0.2) is 0 Å². The second-order valence-electron chi connectivity index (χ2n) is 0.194. The molecule has 1 unspecified atom stereocenters. The van der Waals surface area contributed by atoms with Gasteiger partial charge in [-0.1, -0.05) is 0 Å². The van der Waals surface area contributed by atoms with Gasteiger partial charge in [0, 0.05) is 108 Å². The second-order valence-corrected chi connectivity index (χ2v) is 1.34. The van der Waals surface area contributed by atoms with Crippen LogP contribution in [0.5, 0.6) is 0 Å². The molecule has 0 amide bonds. The molecule has 0 rings (SSSR count). The Bertz CT molecular complexity index is 35.9. The normalized spacial score (nSPS) is 8.86. The molecule has 3 radical (unpaired) electrons. The van der Waals surface area contributed by atoms with E-state index in [0.29, 0.717) is 0 Å². The van der Waals surface area contributed by atoms with Gasteiger partial charge in [0.25, 0.3) is 0 Å². The summed E-state index contributed by atoms with van der Waals surface area (Å²) in [5.41, 5.74) is 0. The Morgan fingerprint density at radius 2 is 1.29 bits per heavy atom. The first kappa shape index (κ1) is 22.4. The molecule has 0 bridgehead atoms. The topological polar surface area (TPSA) is 40.1 Å². The molecule has 0 aromatic carbocycles. The number of rotatable bonds is 0. The summed E-state index contributed by atoms with van der Waals surface area (Å²) >= 11 is 0. The van der Waals surface area contributed by atoms with Gasteiger partial charge in [0.15, 0.2) is 0 Å². The van der Waals surface area contributed by atoms with Gasteiger partial charge < -0.3 is 4.55 Å². The van der Waals surface area contributed by atoms with E-state index in [-0.39, 0.29) is 98.1 Å². The van der Waals surface area contributed by atoms with E-state index < -0.39 is 10.3 Å². The molecular weight excluding hydrogens is 366 g/mol. The van der Waals surface area contributed by atoms with Crippen LogP contribution in [0.2, 0.25) is 0 Å². The fourth-order valence-corrected chi connectivity index (χ4v) is 0. The minimum absolute atomic E-state index is 0.